The third-order valence-corrected chi connectivity index (χ3v) is 5.70. The van der Waals surface area contributed by atoms with Gasteiger partial charge in [0.25, 0.3) is 15.9 Å². The van der Waals surface area contributed by atoms with Gasteiger partial charge >= 0.3 is 0 Å². The Morgan fingerprint density at radius 2 is 1.73 bits per heavy atom. The van der Waals surface area contributed by atoms with Crippen molar-refractivity contribution in [3.05, 3.63) is 65.4 Å². The lowest BCUT2D eigenvalue weighted by molar-refractivity contribution is 0.102. The molecule has 2 heterocycles. The van der Waals surface area contributed by atoms with Gasteiger partial charge in [0, 0.05) is 23.6 Å². The highest BCUT2D eigenvalue weighted by Gasteiger charge is 2.20. The van der Waals surface area contributed by atoms with Crippen LogP contribution in [0.4, 0.5) is 11.6 Å². The molecule has 0 unspecified atom stereocenters. The number of sulfonamides is 1. The van der Waals surface area contributed by atoms with E-state index in [9.17, 15) is 13.2 Å². The van der Waals surface area contributed by atoms with Gasteiger partial charge in [0.15, 0.2) is 11.5 Å². The number of benzene rings is 2. The van der Waals surface area contributed by atoms with Crippen LogP contribution in [0, 0.1) is 0 Å². The summed E-state index contributed by atoms with van der Waals surface area (Å²) in [4.78, 5) is 20.2. The molecule has 2 aromatic carbocycles. The molecule has 0 atom stereocenters. The van der Waals surface area contributed by atoms with E-state index in [0.29, 0.717) is 30.4 Å². The highest BCUT2D eigenvalue weighted by atomic mass is 35.5. The molecule has 4 rings (SSSR count). The second-order valence-electron chi connectivity index (χ2n) is 6.14. The van der Waals surface area contributed by atoms with Crippen LogP contribution in [0.1, 0.15) is 10.4 Å². The number of fused-ring (bicyclic) bond motifs is 1. The molecule has 1 amide bonds. The van der Waals surface area contributed by atoms with E-state index in [-0.39, 0.29) is 21.4 Å². The van der Waals surface area contributed by atoms with Crippen LogP contribution in [-0.4, -0.2) is 37.5 Å². The molecule has 3 aromatic rings. The van der Waals surface area contributed by atoms with Crippen molar-refractivity contribution in [2.45, 2.75) is 4.90 Å². The summed E-state index contributed by atoms with van der Waals surface area (Å²) >= 11 is 6.16. The topological polar surface area (TPSA) is 120 Å². The smallest absolute Gasteiger partial charge is 0.264 e. The fourth-order valence-electron chi connectivity index (χ4n) is 2.69. The highest BCUT2D eigenvalue weighted by Crippen LogP contribution is 2.38. The van der Waals surface area contributed by atoms with E-state index in [1.54, 1.807) is 6.07 Å². The van der Waals surface area contributed by atoms with Crippen LogP contribution < -0.4 is 19.5 Å². The Bertz CT molecular complexity index is 1190. The van der Waals surface area contributed by atoms with E-state index < -0.39 is 15.9 Å². The number of carbonyl (C=O) groups excluding carboxylic acids is 1. The third kappa shape index (κ3) is 4.29. The van der Waals surface area contributed by atoms with Crippen LogP contribution >= 0.6 is 11.6 Å². The monoisotopic (exact) mass is 446 g/mol. The molecule has 2 N–H and O–H groups in total. The van der Waals surface area contributed by atoms with E-state index in [0.717, 1.165) is 0 Å². The predicted molar refractivity (Wildman–Crippen MR) is 110 cm³/mol. The van der Waals surface area contributed by atoms with Crippen molar-refractivity contribution >= 4 is 39.2 Å². The Kier molecular flexibility index (Phi) is 5.42. The van der Waals surface area contributed by atoms with Crippen LogP contribution in [0.2, 0.25) is 5.02 Å². The first-order valence-corrected chi connectivity index (χ1v) is 10.6. The fraction of sp³-hybridized carbons (Fsp3) is 0.105. The summed E-state index contributed by atoms with van der Waals surface area (Å²) in [7, 11) is -3.86. The Morgan fingerprint density at radius 1 is 1.03 bits per heavy atom. The summed E-state index contributed by atoms with van der Waals surface area (Å²) in [5.74, 6) is 0.337. The lowest BCUT2D eigenvalue weighted by atomic mass is 10.1. The second kappa shape index (κ2) is 8.17. The molecular weight excluding hydrogens is 432 g/mol. The first kappa shape index (κ1) is 19.9. The Labute approximate surface area is 177 Å². The number of anilines is 2. The lowest BCUT2D eigenvalue weighted by Gasteiger charge is -2.20. The van der Waals surface area contributed by atoms with Gasteiger partial charge in [0.05, 0.1) is 9.92 Å². The van der Waals surface area contributed by atoms with Gasteiger partial charge in [-0.15, -0.1) is 0 Å². The number of halogens is 1. The highest BCUT2D eigenvalue weighted by molar-refractivity contribution is 7.92. The summed E-state index contributed by atoms with van der Waals surface area (Å²) in [6.45, 7) is 0.755. The SMILES string of the molecule is O=C(Nc1ccc(S(=O)(=O)Nc2ncccn2)cc1)c1cc(Cl)c2c(c1)OCCO2. The summed E-state index contributed by atoms with van der Waals surface area (Å²) < 4.78 is 38.0. The third-order valence-electron chi connectivity index (χ3n) is 4.07. The quantitative estimate of drug-likeness (QED) is 0.618. The number of hydrogen-bond acceptors (Lipinski definition) is 7. The van der Waals surface area contributed by atoms with Crippen LogP contribution in [-0.2, 0) is 10.0 Å². The molecule has 1 aromatic heterocycles. The van der Waals surface area contributed by atoms with E-state index in [1.165, 1.54) is 48.8 Å². The van der Waals surface area contributed by atoms with Gasteiger partial charge in [0.2, 0.25) is 5.95 Å². The maximum Gasteiger partial charge on any atom is 0.264 e. The summed E-state index contributed by atoms with van der Waals surface area (Å²) in [6, 6.07) is 10.3. The van der Waals surface area contributed by atoms with E-state index in [1.807, 2.05) is 0 Å². The first-order chi connectivity index (χ1) is 14.4. The molecule has 1 aliphatic heterocycles. The molecule has 0 radical (unpaired) electrons. The van der Waals surface area contributed by atoms with Crippen molar-refractivity contribution in [3.8, 4) is 11.5 Å². The molecule has 0 saturated heterocycles. The van der Waals surface area contributed by atoms with Crippen LogP contribution in [0.15, 0.2) is 59.8 Å². The Morgan fingerprint density at radius 3 is 2.47 bits per heavy atom. The molecule has 0 saturated carbocycles. The number of rotatable bonds is 5. The lowest BCUT2D eigenvalue weighted by Crippen LogP contribution is -2.18. The van der Waals surface area contributed by atoms with E-state index in [4.69, 9.17) is 21.1 Å². The minimum atomic E-state index is -3.86. The van der Waals surface area contributed by atoms with Crippen LogP contribution in [0.5, 0.6) is 11.5 Å². The molecule has 0 aliphatic carbocycles. The molecule has 1 aliphatic rings. The van der Waals surface area contributed by atoms with Crippen LogP contribution in [0.3, 0.4) is 0 Å². The fourth-order valence-corrected chi connectivity index (χ4v) is 3.92. The van der Waals surface area contributed by atoms with Crippen molar-refractivity contribution in [1.29, 1.82) is 0 Å². The first-order valence-electron chi connectivity index (χ1n) is 8.73. The largest absolute Gasteiger partial charge is 0.486 e. The predicted octanol–water partition coefficient (Wildman–Crippen LogP) is 2.95. The molecule has 9 nitrogen and oxygen atoms in total. The molecular formula is C19H15ClN4O5S. The molecule has 30 heavy (non-hydrogen) atoms. The zero-order valence-corrected chi connectivity index (χ0v) is 16.9. The molecule has 11 heteroatoms. The number of aromatic nitrogens is 2. The average Bonchev–Trinajstić information content (AvgIpc) is 2.74. The van der Waals surface area contributed by atoms with Gasteiger partial charge in [-0.1, -0.05) is 11.6 Å². The van der Waals surface area contributed by atoms with E-state index in [2.05, 4.69) is 20.0 Å². The van der Waals surface area contributed by atoms with Crippen molar-refractivity contribution in [2.75, 3.05) is 23.3 Å². The summed E-state index contributed by atoms with van der Waals surface area (Å²) in [6.07, 6.45) is 2.85. The van der Waals surface area contributed by atoms with Gasteiger partial charge in [0.1, 0.15) is 13.2 Å². The maximum atomic E-state index is 12.6. The Balaban J connectivity index is 1.48. The number of nitrogens with one attached hydrogen (secondary N) is 2. The number of hydrogen-bond donors (Lipinski definition) is 2. The van der Waals surface area contributed by atoms with Gasteiger partial charge < -0.3 is 14.8 Å². The Hall–Kier alpha value is -3.37. The molecule has 0 bridgehead atoms. The van der Waals surface area contributed by atoms with Gasteiger partial charge in [-0.2, -0.15) is 0 Å². The standard InChI is InChI=1S/C19H15ClN4O5S/c20-15-10-12(11-16-17(15)29-9-8-28-16)18(25)23-13-2-4-14(5-3-13)30(26,27)24-19-21-6-1-7-22-19/h1-7,10-11H,8-9H2,(H,23,25)(H,21,22,24). The molecule has 0 spiro atoms. The van der Waals surface area contributed by atoms with Crippen molar-refractivity contribution < 1.29 is 22.7 Å². The minimum absolute atomic E-state index is 0.00433. The van der Waals surface area contributed by atoms with Gasteiger partial charge in [-0.3, -0.25) is 4.79 Å². The average molecular weight is 447 g/mol. The minimum Gasteiger partial charge on any atom is -0.486 e. The zero-order chi connectivity index (χ0) is 21.1. The maximum absolute atomic E-state index is 12.6. The number of amides is 1. The normalized spacial score (nSPS) is 12.8. The van der Waals surface area contributed by atoms with E-state index >= 15 is 0 Å². The summed E-state index contributed by atoms with van der Waals surface area (Å²) in [5.41, 5.74) is 0.685. The van der Waals surface area contributed by atoms with Crippen molar-refractivity contribution in [2.24, 2.45) is 0 Å². The number of carbonyl (C=O) groups is 1. The van der Waals surface area contributed by atoms with Crippen LogP contribution in [0.25, 0.3) is 0 Å². The van der Waals surface area contributed by atoms with Gasteiger partial charge in [-0.05, 0) is 42.5 Å². The van der Waals surface area contributed by atoms with Crippen molar-refractivity contribution in [3.63, 3.8) is 0 Å². The van der Waals surface area contributed by atoms with Gasteiger partial charge in [-0.25, -0.2) is 23.1 Å². The number of ether oxygens (including phenoxy) is 2. The zero-order valence-electron chi connectivity index (χ0n) is 15.3. The summed E-state index contributed by atoms with van der Waals surface area (Å²) in [5, 5.41) is 2.96. The molecule has 0 fully saturated rings. The number of nitrogens with zero attached hydrogens (tertiary/aromatic N) is 2. The second-order valence-corrected chi connectivity index (χ2v) is 8.23. The van der Waals surface area contributed by atoms with Crippen molar-refractivity contribution in [1.82, 2.24) is 9.97 Å². The molecule has 154 valence electrons.